The maximum Gasteiger partial charge on any atom is 0.256 e. The van der Waals surface area contributed by atoms with E-state index >= 15 is 0 Å². The fourth-order valence-electron chi connectivity index (χ4n) is 1.35. The van der Waals surface area contributed by atoms with Crippen LogP contribution in [0.5, 0.6) is 0 Å². The number of carbonyl (C=O) groups is 1. The van der Waals surface area contributed by atoms with Crippen molar-refractivity contribution >= 4 is 43.5 Å². The third kappa shape index (κ3) is 2.76. The zero-order chi connectivity index (χ0) is 13.1. The Hall–Kier alpha value is -1.27. The zero-order valence-corrected chi connectivity index (χ0v) is 12.1. The summed E-state index contributed by atoms with van der Waals surface area (Å²) in [7, 11) is 0. The molecular formula is C12H7Br2FN2O. The van der Waals surface area contributed by atoms with E-state index in [0.29, 0.717) is 10.3 Å². The van der Waals surface area contributed by atoms with Gasteiger partial charge in [-0.05, 0) is 56.1 Å². The topological polar surface area (TPSA) is 42.0 Å². The molecule has 1 aromatic carbocycles. The van der Waals surface area contributed by atoms with Gasteiger partial charge in [-0.25, -0.2) is 9.37 Å². The number of rotatable bonds is 2. The molecule has 0 aliphatic heterocycles. The highest BCUT2D eigenvalue weighted by atomic mass is 79.9. The summed E-state index contributed by atoms with van der Waals surface area (Å²) in [5.74, 6) is -0.886. The molecule has 92 valence electrons. The Morgan fingerprint density at radius 3 is 2.72 bits per heavy atom. The highest BCUT2D eigenvalue weighted by molar-refractivity contribution is 9.10. The minimum atomic E-state index is -0.479. The summed E-state index contributed by atoms with van der Waals surface area (Å²) in [6.45, 7) is 0. The Morgan fingerprint density at radius 2 is 2.00 bits per heavy atom. The van der Waals surface area contributed by atoms with Crippen molar-refractivity contribution in [3.05, 3.63) is 57.0 Å². The van der Waals surface area contributed by atoms with Crippen molar-refractivity contribution in [2.24, 2.45) is 0 Å². The van der Waals surface area contributed by atoms with Crippen LogP contribution in [0.25, 0.3) is 0 Å². The van der Waals surface area contributed by atoms with E-state index in [1.54, 1.807) is 18.3 Å². The van der Waals surface area contributed by atoms with E-state index < -0.39 is 11.7 Å². The van der Waals surface area contributed by atoms with Crippen LogP contribution in [0, 0.1) is 5.82 Å². The second-order valence-corrected chi connectivity index (χ2v) is 4.94. The zero-order valence-electron chi connectivity index (χ0n) is 8.95. The van der Waals surface area contributed by atoms with E-state index in [1.165, 1.54) is 18.2 Å². The van der Waals surface area contributed by atoms with Crippen LogP contribution in [0.15, 0.2) is 45.6 Å². The number of carbonyl (C=O) groups excluding carboxylic acids is 1. The van der Waals surface area contributed by atoms with Gasteiger partial charge in [0, 0.05) is 6.20 Å². The minimum Gasteiger partial charge on any atom is -0.320 e. The summed E-state index contributed by atoms with van der Waals surface area (Å²) in [6, 6.07) is 7.68. The molecule has 2 rings (SSSR count). The van der Waals surface area contributed by atoms with Crippen LogP contribution in [0.2, 0.25) is 0 Å². The maximum absolute atomic E-state index is 13.3. The molecule has 0 saturated carbocycles. The molecule has 0 radical (unpaired) electrons. The van der Waals surface area contributed by atoms with Gasteiger partial charge in [0.2, 0.25) is 0 Å². The summed E-state index contributed by atoms with van der Waals surface area (Å²) < 4.78 is 14.0. The average molecular weight is 374 g/mol. The summed E-state index contributed by atoms with van der Waals surface area (Å²) in [4.78, 5) is 16.0. The molecule has 0 unspecified atom stereocenters. The number of hydrogen-bond donors (Lipinski definition) is 1. The van der Waals surface area contributed by atoms with Crippen molar-refractivity contribution in [1.82, 2.24) is 4.98 Å². The molecule has 0 aliphatic carbocycles. The van der Waals surface area contributed by atoms with Gasteiger partial charge in [0.05, 0.1) is 15.7 Å². The lowest BCUT2D eigenvalue weighted by molar-refractivity contribution is 0.102. The summed E-state index contributed by atoms with van der Waals surface area (Å²) in [6.07, 6.45) is 1.60. The van der Waals surface area contributed by atoms with E-state index in [-0.39, 0.29) is 10.0 Å². The Morgan fingerprint density at radius 1 is 1.22 bits per heavy atom. The number of benzene rings is 1. The van der Waals surface area contributed by atoms with E-state index in [2.05, 4.69) is 42.2 Å². The normalized spacial score (nSPS) is 10.2. The monoisotopic (exact) mass is 372 g/mol. The van der Waals surface area contributed by atoms with Gasteiger partial charge >= 0.3 is 0 Å². The fraction of sp³-hybridized carbons (Fsp3) is 0. The summed E-state index contributed by atoms with van der Waals surface area (Å²) >= 11 is 6.27. The number of amides is 1. The SMILES string of the molecule is O=C(Nc1cccnc1Br)c1cccc(F)c1Br. The van der Waals surface area contributed by atoms with Gasteiger partial charge in [-0.3, -0.25) is 4.79 Å². The van der Waals surface area contributed by atoms with E-state index in [0.717, 1.165) is 0 Å². The standard InChI is InChI=1S/C12H7Br2FN2O/c13-10-7(3-1-4-8(10)15)12(18)17-9-5-2-6-16-11(9)14/h1-6H,(H,17,18). The molecule has 1 aromatic heterocycles. The number of halogens is 3. The first kappa shape index (κ1) is 13.2. The molecule has 3 nitrogen and oxygen atoms in total. The molecule has 0 saturated heterocycles. The Bertz CT molecular complexity index is 604. The van der Waals surface area contributed by atoms with Crippen LogP contribution < -0.4 is 5.32 Å². The molecule has 1 heterocycles. The number of hydrogen-bond acceptors (Lipinski definition) is 2. The molecule has 6 heteroatoms. The average Bonchev–Trinajstić information content (AvgIpc) is 2.35. The van der Waals surface area contributed by atoms with Gasteiger partial charge in [-0.2, -0.15) is 0 Å². The second kappa shape index (κ2) is 5.58. The molecule has 18 heavy (non-hydrogen) atoms. The highest BCUT2D eigenvalue weighted by Crippen LogP contribution is 2.23. The lowest BCUT2D eigenvalue weighted by atomic mass is 10.2. The third-order valence-electron chi connectivity index (χ3n) is 2.20. The van der Waals surface area contributed by atoms with Gasteiger partial charge in [-0.1, -0.05) is 6.07 Å². The quantitative estimate of drug-likeness (QED) is 0.808. The van der Waals surface area contributed by atoms with Gasteiger partial charge in [-0.15, -0.1) is 0 Å². The molecule has 0 aliphatic rings. The molecule has 0 bridgehead atoms. The van der Waals surface area contributed by atoms with Gasteiger partial charge < -0.3 is 5.32 Å². The van der Waals surface area contributed by atoms with E-state index in [9.17, 15) is 9.18 Å². The molecule has 2 aromatic rings. The van der Waals surface area contributed by atoms with Gasteiger partial charge in [0.15, 0.2) is 0 Å². The number of anilines is 1. The first-order valence-corrected chi connectivity index (χ1v) is 6.54. The smallest absolute Gasteiger partial charge is 0.256 e. The van der Waals surface area contributed by atoms with Crippen molar-refractivity contribution in [2.75, 3.05) is 5.32 Å². The lowest BCUT2D eigenvalue weighted by Gasteiger charge is -2.08. The van der Waals surface area contributed by atoms with Crippen LogP contribution in [-0.4, -0.2) is 10.9 Å². The summed E-state index contributed by atoms with van der Waals surface area (Å²) in [5, 5.41) is 2.65. The van der Waals surface area contributed by atoms with Crippen molar-refractivity contribution in [2.45, 2.75) is 0 Å². The van der Waals surface area contributed by atoms with Crippen LogP contribution >= 0.6 is 31.9 Å². The molecule has 0 spiro atoms. The van der Waals surface area contributed by atoms with Gasteiger partial charge in [0.25, 0.3) is 5.91 Å². The van der Waals surface area contributed by atoms with Crippen molar-refractivity contribution in [1.29, 1.82) is 0 Å². The van der Waals surface area contributed by atoms with Crippen molar-refractivity contribution in [3.8, 4) is 0 Å². The number of pyridine rings is 1. The lowest BCUT2D eigenvalue weighted by Crippen LogP contribution is -2.13. The molecule has 1 N–H and O–H groups in total. The maximum atomic E-state index is 13.3. The van der Waals surface area contributed by atoms with Crippen LogP contribution in [0.1, 0.15) is 10.4 Å². The largest absolute Gasteiger partial charge is 0.320 e. The first-order chi connectivity index (χ1) is 8.59. The van der Waals surface area contributed by atoms with E-state index in [1.807, 2.05) is 0 Å². The predicted molar refractivity (Wildman–Crippen MR) is 74.0 cm³/mol. The third-order valence-corrected chi connectivity index (χ3v) is 3.64. The molecule has 0 atom stereocenters. The fourth-order valence-corrected chi connectivity index (χ4v) is 2.14. The minimum absolute atomic E-state index is 0.141. The Kier molecular flexibility index (Phi) is 4.08. The Labute approximate surface area is 120 Å². The van der Waals surface area contributed by atoms with Crippen molar-refractivity contribution < 1.29 is 9.18 Å². The number of nitrogens with zero attached hydrogens (tertiary/aromatic N) is 1. The predicted octanol–water partition coefficient (Wildman–Crippen LogP) is 4.00. The van der Waals surface area contributed by atoms with Crippen LogP contribution in [-0.2, 0) is 0 Å². The molecule has 0 fully saturated rings. The van der Waals surface area contributed by atoms with Crippen LogP contribution in [0.4, 0.5) is 10.1 Å². The number of aromatic nitrogens is 1. The number of nitrogens with one attached hydrogen (secondary N) is 1. The van der Waals surface area contributed by atoms with E-state index in [4.69, 9.17) is 0 Å². The molecule has 1 amide bonds. The van der Waals surface area contributed by atoms with Crippen molar-refractivity contribution in [3.63, 3.8) is 0 Å². The highest BCUT2D eigenvalue weighted by Gasteiger charge is 2.14. The van der Waals surface area contributed by atoms with Gasteiger partial charge in [0.1, 0.15) is 10.4 Å². The van der Waals surface area contributed by atoms with Crippen LogP contribution in [0.3, 0.4) is 0 Å². The second-order valence-electron chi connectivity index (χ2n) is 3.40. The molecular weight excluding hydrogens is 367 g/mol. The Balaban J connectivity index is 2.28. The summed E-state index contributed by atoms with van der Waals surface area (Å²) in [5.41, 5.74) is 0.754. The first-order valence-electron chi connectivity index (χ1n) is 4.95.